The highest BCUT2D eigenvalue weighted by Gasteiger charge is 2.34. The van der Waals surface area contributed by atoms with Crippen LogP contribution in [0.1, 0.15) is 38.5 Å². The fraction of sp³-hybridized carbons (Fsp3) is 0.786. The van der Waals surface area contributed by atoms with Crippen molar-refractivity contribution in [2.24, 2.45) is 17.8 Å². The van der Waals surface area contributed by atoms with Crippen molar-refractivity contribution < 1.29 is 22.7 Å². The average Bonchev–Trinajstić information content (AvgIpc) is 3.02. The van der Waals surface area contributed by atoms with E-state index in [4.69, 9.17) is 0 Å². The minimum atomic E-state index is -4.48. The van der Waals surface area contributed by atoms with Gasteiger partial charge in [0.1, 0.15) is 0 Å². The fourth-order valence-corrected chi connectivity index (χ4v) is 3.46. The highest BCUT2D eigenvalue weighted by Crippen LogP contribution is 2.45. The summed E-state index contributed by atoms with van der Waals surface area (Å²) in [4.78, 5) is 11.0. The quantitative estimate of drug-likeness (QED) is 0.421. The van der Waals surface area contributed by atoms with Crippen molar-refractivity contribution in [2.75, 3.05) is 6.61 Å². The summed E-state index contributed by atoms with van der Waals surface area (Å²) in [7, 11) is 0. The predicted octanol–water partition coefficient (Wildman–Crippen LogP) is 4.65. The summed E-state index contributed by atoms with van der Waals surface area (Å²) in [6.45, 7) is 0.168. The lowest BCUT2D eigenvalue weighted by Gasteiger charge is -2.17. The van der Waals surface area contributed by atoms with Crippen LogP contribution in [0.3, 0.4) is 0 Å². The van der Waals surface area contributed by atoms with Gasteiger partial charge in [0.2, 0.25) is 0 Å². The zero-order valence-electron chi connectivity index (χ0n) is 11.7. The van der Waals surface area contributed by atoms with Gasteiger partial charge in [-0.1, -0.05) is 25.0 Å². The number of allylic oxidation sites excluding steroid dienone is 2. The lowest BCUT2D eigenvalue weighted by molar-refractivity contribution is -0.0336. The lowest BCUT2D eigenvalue weighted by atomic mass is 9.89. The molecule has 0 radical (unpaired) electrons. The maximum Gasteiger partial charge on any atom is 0.461 e. The van der Waals surface area contributed by atoms with Gasteiger partial charge < -0.3 is 4.74 Å². The first-order chi connectivity index (χ1) is 9.94. The fourth-order valence-electron chi connectivity index (χ4n) is 3.21. The van der Waals surface area contributed by atoms with E-state index in [0.29, 0.717) is 6.42 Å². The number of halogens is 3. The van der Waals surface area contributed by atoms with Crippen molar-refractivity contribution in [3.63, 3.8) is 0 Å². The maximum absolute atomic E-state index is 11.8. The van der Waals surface area contributed by atoms with Crippen LogP contribution in [0.25, 0.3) is 0 Å². The van der Waals surface area contributed by atoms with Crippen molar-refractivity contribution >= 4 is 18.0 Å². The number of unbranched alkanes of at least 4 members (excludes halogenated alkanes) is 2. The van der Waals surface area contributed by atoms with Crippen molar-refractivity contribution in [1.29, 1.82) is 0 Å². The smallest absolute Gasteiger partial charge is 0.449 e. The molecule has 120 valence electrons. The number of hydrogen-bond donors (Lipinski definition) is 1. The van der Waals surface area contributed by atoms with Gasteiger partial charge in [-0.3, -0.25) is 4.72 Å². The molecule has 0 aromatic carbocycles. The predicted molar refractivity (Wildman–Crippen MR) is 75.4 cm³/mol. The summed E-state index contributed by atoms with van der Waals surface area (Å²) < 4.78 is 41.7. The van der Waals surface area contributed by atoms with Crippen molar-refractivity contribution in [2.45, 2.75) is 44.0 Å². The Morgan fingerprint density at radius 1 is 1.24 bits per heavy atom. The molecule has 2 rings (SSSR count). The van der Waals surface area contributed by atoms with E-state index in [2.05, 4.69) is 16.9 Å². The van der Waals surface area contributed by atoms with Crippen LogP contribution in [-0.4, -0.2) is 18.2 Å². The van der Waals surface area contributed by atoms with Gasteiger partial charge in [0.15, 0.2) is 0 Å². The second kappa shape index (κ2) is 7.42. The summed E-state index contributed by atoms with van der Waals surface area (Å²) in [5.74, 6) is 2.35. The van der Waals surface area contributed by atoms with Gasteiger partial charge >= 0.3 is 11.6 Å². The average molecular weight is 323 g/mol. The van der Waals surface area contributed by atoms with E-state index in [1.807, 2.05) is 0 Å². The van der Waals surface area contributed by atoms with Crippen LogP contribution < -0.4 is 4.72 Å². The molecule has 3 nitrogen and oxygen atoms in total. The third-order valence-electron chi connectivity index (χ3n) is 4.12. The maximum atomic E-state index is 11.8. The standard InChI is InChI=1S/C14H20F3NO2S/c15-14(16,17)21-18-13(19)20-7-3-1-2-4-11-8-10-5-6-12(11)9-10/h5-6,10-12H,1-4,7-9H2,(H,18,19). The van der Waals surface area contributed by atoms with E-state index in [0.717, 1.165) is 30.6 Å². The zero-order valence-corrected chi connectivity index (χ0v) is 12.5. The Bertz CT molecular complexity index is 387. The molecule has 2 bridgehead atoms. The number of rotatable bonds is 7. The summed E-state index contributed by atoms with van der Waals surface area (Å²) in [5.41, 5.74) is -4.48. The van der Waals surface area contributed by atoms with Crippen molar-refractivity contribution in [3.8, 4) is 0 Å². The van der Waals surface area contributed by atoms with Gasteiger partial charge in [-0.05, 0) is 43.4 Å². The van der Waals surface area contributed by atoms with Crippen molar-refractivity contribution in [3.05, 3.63) is 12.2 Å². The summed E-state index contributed by atoms with van der Waals surface area (Å²) in [6.07, 6.45) is 10.2. The van der Waals surface area contributed by atoms with Crippen molar-refractivity contribution in [1.82, 2.24) is 4.72 Å². The molecule has 0 saturated heterocycles. The molecule has 3 atom stereocenters. The van der Waals surface area contributed by atoms with Gasteiger partial charge in [-0.25, -0.2) is 4.79 Å². The van der Waals surface area contributed by atoms with Gasteiger partial charge in [0.05, 0.1) is 18.6 Å². The monoisotopic (exact) mass is 323 g/mol. The van der Waals surface area contributed by atoms with Crippen LogP contribution in [0.5, 0.6) is 0 Å². The third-order valence-corrected chi connectivity index (χ3v) is 4.62. The first-order valence-electron chi connectivity index (χ1n) is 7.30. The van der Waals surface area contributed by atoms with E-state index in [-0.39, 0.29) is 6.61 Å². The summed E-state index contributed by atoms with van der Waals surface area (Å²) in [5, 5.41) is 0. The molecule has 7 heteroatoms. The normalized spacial score (nSPS) is 27.1. The molecule has 0 heterocycles. The molecule has 3 unspecified atom stereocenters. The van der Waals surface area contributed by atoms with Gasteiger partial charge in [0, 0.05) is 0 Å². The number of hydrogen-bond acceptors (Lipinski definition) is 3. The SMILES string of the molecule is O=C(NSC(F)(F)F)OCCCCCC1CC2C=CC1C2. The van der Waals surface area contributed by atoms with Gasteiger partial charge in [-0.15, -0.1) is 0 Å². The molecule has 0 spiro atoms. The molecule has 1 amide bonds. The lowest BCUT2D eigenvalue weighted by Crippen LogP contribution is -2.22. The highest BCUT2D eigenvalue weighted by molar-refractivity contribution is 7.98. The molecular formula is C14H20F3NO2S. The summed E-state index contributed by atoms with van der Waals surface area (Å²) in [6, 6.07) is 0. The topological polar surface area (TPSA) is 38.3 Å². The number of carbonyl (C=O) groups excluding carboxylic acids is 1. The van der Waals surface area contributed by atoms with Crippen LogP contribution in [-0.2, 0) is 4.74 Å². The van der Waals surface area contributed by atoms with Crippen LogP contribution in [0.4, 0.5) is 18.0 Å². The first-order valence-corrected chi connectivity index (χ1v) is 8.11. The molecule has 1 N–H and O–H groups in total. The Morgan fingerprint density at radius 2 is 2.05 bits per heavy atom. The van der Waals surface area contributed by atoms with Gasteiger partial charge in [-0.2, -0.15) is 13.2 Å². The number of alkyl halides is 3. The Kier molecular flexibility index (Phi) is 5.84. The molecule has 1 saturated carbocycles. The van der Waals surface area contributed by atoms with Crippen LogP contribution in [0, 0.1) is 17.8 Å². The van der Waals surface area contributed by atoms with E-state index in [9.17, 15) is 18.0 Å². The Balaban J connectivity index is 1.43. The Labute approximate surface area is 126 Å². The second-order valence-corrected chi connectivity index (χ2v) is 6.55. The molecule has 21 heavy (non-hydrogen) atoms. The van der Waals surface area contributed by atoms with Crippen LogP contribution in [0.15, 0.2) is 12.2 Å². The second-order valence-electron chi connectivity index (χ2n) is 5.68. The molecule has 2 aliphatic carbocycles. The first kappa shape index (κ1) is 16.5. The highest BCUT2D eigenvalue weighted by atomic mass is 32.2. The minimum Gasteiger partial charge on any atom is -0.449 e. The van der Waals surface area contributed by atoms with Crippen LogP contribution >= 0.6 is 11.9 Å². The Hall–Kier alpha value is -0.850. The minimum absolute atomic E-state index is 0.168. The third kappa shape index (κ3) is 5.80. The van der Waals surface area contributed by atoms with E-state index in [1.54, 1.807) is 4.72 Å². The number of nitrogens with one attached hydrogen (secondary N) is 1. The van der Waals surface area contributed by atoms with E-state index >= 15 is 0 Å². The number of carbonyl (C=O) groups is 1. The number of amides is 1. The van der Waals surface area contributed by atoms with E-state index < -0.39 is 23.5 Å². The zero-order chi connectivity index (χ0) is 15.3. The molecule has 1 fully saturated rings. The molecule has 0 aromatic rings. The largest absolute Gasteiger partial charge is 0.461 e. The van der Waals surface area contributed by atoms with Gasteiger partial charge in [0.25, 0.3) is 0 Å². The van der Waals surface area contributed by atoms with E-state index in [1.165, 1.54) is 19.3 Å². The molecular weight excluding hydrogens is 303 g/mol. The molecule has 0 aromatic heterocycles. The number of fused-ring (bicyclic) bond motifs is 2. The number of ether oxygens (including phenoxy) is 1. The van der Waals surface area contributed by atoms with Crippen LogP contribution in [0.2, 0.25) is 0 Å². The molecule has 2 aliphatic rings. The Morgan fingerprint density at radius 3 is 2.67 bits per heavy atom. The molecule has 0 aliphatic heterocycles. The summed E-state index contributed by atoms with van der Waals surface area (Å²) >= 11 is -0.597.